The van der Waals surface area contributed by atoms with Crippen LogP contribution in [0, 0.1) is 0 Å². The van der Waals surface area contributed by atoms with Gasteiger partial charge in [-0.2, -0.15) is 0 Å². The summed E-state index contributed by atoms with van der Waals surface area (Å²) in [6.45, 7) is 0. The van der Waals surface area contributed by atoms with Gasteiger partial charge >= 0.3 is 0 Å². The minimum Gasteiger partial charge on any atom is -0.497 e. The van der Waals surface area contributed by atoms with Crippen molar-refractivity contribution < 1.29 is 14.3 Å². The third-order valence-electron chi connectivity index (χ3n) is 3.54. The smallest absolute Gasteiger partial charge is 0.255 e. The molecule has 5 heteroatoms. The Morgan fingerprint density at radius 2 is 1.52 bits per heavy atom. The van der Waals surface area contributed by atoms with Crippen LogP contribution in [0.2, 0.25) is 5.02 Å². The highest BCUT2D eigenvalue weighted by molar-refractivity contribution is 6.32. The molecule has 1 N–H and O–H groups in total. The minimum atomic E-state index is -0.238. The second-order valence-corrected chi connectivity index (χ2v) is 5.62. The highest BCUT2D eigenvalue weighted by Gasteiger charge is 2.11. The molecule has 3 rings (SSSR count). The third kappa shape index (κ3) is 4.11. The summed E-state index contributed by atoms with van der Waals surface area (Å²) in [5, 5.41) is 3.36. The molecule has 4 nitrogen and oxygen atoms in total. The molecule has 1 amide bonds. The molecule has 0 saturated heterocycles. The van der Waals surface area contributed by atoms with E-state index < -0.39 is 0 Å². The molecule has 3 aromatic carbocycles. The molecule has 0 spiro atoms. The van der Waals surface area contributed by atoms with Crippen LogP contribution in [-0.2, 0) is 0 Å². The lowest BCUT2D eigenvalue weighted by molar-refractivity contribution is 0.102. The Morgan fingerprint density at radius 1 is 0.880 bits per heavy atom. The van der Waals surface area contributed by atoms with E-state index in [0.29, 0.717) is 33.5 Å². The number of halogens is 1. The topological polar surface area (TPSA) is 47.6 Å². The standard InChI is InChI=1S/C20H16ClNO3/c1-24-15-12-10-14(11-13-15)20(23)22-17-7-3-5-9-19(17)25-18-8-4-2-6-16(18)21/h2-13H,1H3,(H,22,23). The Bertz CT molecular complexity index is 878. The number of nitrogens with one attached hydrogen (secondary N) is 1. The average Bonchev–Trinajstić information content (AvgIpc) is 2.65. The van der Waals surface area contributed by atoms with E-state index in [1.807, 2.05) is 24.3 Å². The summed E-state index contributed by atoms with van der Waals surface area (Å²) in [6.07, 6.45) is 0. The van der Waals surface area contributed by atoms with Crippen LogP contribution in [0.15, 0.2) is 72.8 Å². The molecule has 0 bridgehead atoms. The number of hydrogen-bond donors (Lipinski definition) is 1. The van der Waals surface area contributed by atoms with Crippen molar-refractivity contribution >= 4 is 23.2 Å². The summed E-state index contributed by atoms with van der Waals surface area (Å²) in [4.78, 5) is 12.5. The highest BCUT2D eigenvalue weighted by atomic mass is 35.5. The van der Waals surface area contributed by atoms with Crippen molar-refractivity contribution in [3.8, 4) is 17.2 Å². The molecule has 0 atom stereocenters. The predicted molar refractivity (Wildman–Crippen MR) is 98.9 cm³/mol. The number of carbonyl (C=O) groups is 1. The molecule has 0 aromatic heterocycles. The highest BCUT2D eigenvalue weighted by Crippen LogP contribution is 2.33. The Balaban J connectivity index is 1.80. The van der Waals surface area contributed by atoms with Crippen LogP contribution in [0.25, 0.3) is 0 Å². The van der Waals surface area contributed by atoms with Crippen LogP contribution in [0.5, 0.6) is 17.2 Å². The van der Waals surface area contributed by atoms with E-state index in [-0.39, 0.29) is 5.91 Å². The monoisotopic (exact) mass is 353 g/mol. The molecule has 0 heterocycles. The molecule has 0 saturated carbocycles. The second kappa shape index (κ2) is 7.73. The van der Waals surface area contributed by atoms with Crippen molar-refractivity contribution in [1.82, 2.24) is 0 Å². The SMILES string of the molecule is COc1ccc(C(=O)Nc2ccccc2Oc2ccccc2Cl)cc1. The van der Waals surface area contributed by atoms with Gasteiger partial charge < -0.3 is 14.8 Å². The van der Waals surface area contributed by atoms with Crippen LogP contribution in [-0.4, -0.2) is 13.0 Å². The zero-order chi connectivity index (χ0) is 17.6. The normalized spacial score (nSPS) is 10.2. The maximum Gasteiger partial charge on any atom is 0.255 e. The van der Waals surface area contributed by atoms with E-state index in [0.717, 1.165) is 0 Å². The number of rotatable bonds is 5. The fraction of sp³-hybridized carbons (Fsp3) is 0.0500. The zero-order valence-corrected chi connectivity index (χ0v) is 14.3. The summed E-state index contributed by atoms with van der Waals surface area (Å²) >= 11 is 6.13. The molecule has 25 heavy (non-hydrogen) atoms. The van der Waals surface area contributed by atoms with Gasteiger partial charge in [-0.3, -0.25) is 4.79 Å². The van der Waals surface area contributed by atoms with Gasteiger partial charge in [0.2, 0.25) is 0 Å². The van der Waals surface area contributed by atoms with Crippen LogP contribution in [0.4, 0.5) is 5.69 Å². The average molecular weight is 354 g/mol. The lowest BCUT2D eigenvalue weighted by Gasteiger charge is -2.13. The van der Waals surface area contributed by atoms with Gasteiger partial charge in [0, 0.05) is 5.56 Å². The summed E-state index contributed by atoms with van der Waals surface area (Å²) in [6, 6.07) is 21.2. The van der Waals surface area contributed by atoms with Crippen molar-refractivity contribution in [3.05, 3.63) is 83.4 Å². The Kier molecular flexibility index (Phi) is 5.21. The number of ether oxygens (including phenoxy) is 2. The van der Waals surface area contributed by atoms with Gasteiger partial charge in [-0.25, -0.2) is 0 Å². The van der Waals surface area contributed by atoms with Gasteiger partial charge in [0.1, 0.15) is 11.5 Å². The number of benzene rings is 3. The van der Waals surface area contributed by atoms with Crippen molar-refractivity contribution in [2.24, 2.45) is 0 Å². The molecule has 126 valence electrons. The van der Waals surface area contributed by atoms with Crippen LogP contribution < -0.4 is 14.8 Å². The number of amides is 1. The van der Waals surface area contributed by atoms with E-state index in [2.05, 4.69) is 5.32 Å². The third-order valence-corrected chi connectivity index (χ3v) is 3.86. The van der Waals surface area contributed by atoms with E-state index in [1.165, 1.54) is 0 Å². The van der Waals surface area contributed by atoms with E-state index in [1.54, 1.807) is 55.6 Å². The zero-order valence-electron chi connectivity index (χ0n) is 13.5. The molecule has 0 radical (unpaired) electrons. The number of methoxy groups -OCH3 is 1. The largest absolute Gasteiger partial charge is 0.497 e. The molecular formula is C20H16ClNO3. The number of anilines is 1. The summed E-state index contributed by atoms with van der Waals surface area (Å²) < 4.78 is 10.9. The van der Waals surface area contributed by atoms with E-state index in [9.17, 15) is 4.79 Å². The first-order valence-electron chi connectivity index (χ1n) is 7.64. The van der Waals surface area contributed by atoms with Crippen LogP contribution in [0.3, 0.4) is 0 Å². The van der Waals surface area contributed by atoms with Crippen molar-refractivity contribution in [1.29, 1.82) is 0 Å². The van der Waals surface area contributed by atoms with Crippen molar-refractivity contribution in [2.75, 3.05) is 12.4 Å². The Morgan fingerprint density at radius 3 is 2.20 bits per heavy atom. The molecule has 0 fully saturated rings. The fourth-order valence-corrected chi connectivity index (χ4v) is 2.42. The molecule has 0 aliphatic rings. The van der Waals surface area contributed by atoms with E-state index >= 15 is 0 Å². The number of hydrogen-bond acceptors (Lipinski definition) is 3. The van der Waals surface area contributed by atoms with Gasteiger partial charge in [-0.1, -0.05) is 35.9 Å². The van der Waals surface area contributed by atoms with Gasteiger partial charge in [0.15, 0.2) is 5.75 Å². The summed E-state index contributed by atoms with van der Waals surface area (Å²) in [5.41, 5.74) is 1.08. The second-order valence-electron chi connectivity index (χ2n) is 5.21. The van der Waals surface area contributed by atoms with E-state index in [4.69, 9.17) is 21.1 Å². The molecule has 0 aliphatic carbocycles. The van der Waals surface area contributed by atoms with Crippen LogP contribution in [0.1, 0.15) is 10.4 Å². The fourth-order valence-electron chi connectivity index (χ4n) is 2.24. The quantitative estimate of drug-likeness (QED) is 0.668. The van der Waals surface area contributed by atoms with Crippen molar-refractivity contribution in [2.45, 2.75) is 0 Å². The molecular weight excluding hydrogens is 338 g/mol. The molecule has 3 aromatic rings. The number of para-hydroxylation sites is 3. The summed E-state index contributed by atoms with van der Waals surface area (Å²) in [5.74, 6) is 1.49. The maximum absolute atomic E-state index is 12.5. The minimum absolute atomic E-state index is 0.238. The molecule has 0 unspecified atom stereocenters. The predicted octanol–water partition coefficient (Wildman–Crippen LogP) is 5.39. The van der Waals surface area contributed by atoms with Gasteiger partial charge in [0.25, 0.3) is 5.91 Å². The first-order valence-corrected chi connectivity index (χ1v) is 8.02. The first-order chi connectivity index (χ1) is 12.2. The van der Waals surface area contributed by atoms with Crippen molar-refractivity contribution in [3.63, 3.8) is 0 Å². The molecule has 0 aliphatic heterocycles. The lowest BCUT2D eigenvalue weighted by atomic mass is 10.2. The van der Waals surface area contributed by atoms with Gasteiger partial charge in [0.05, 0.1) is 17.8 Å². The maximum atomic E-state index is 12.5. The summed E-state index contributed by atoms with van der Waals surface area (Å²) in [7, 11) is 1.58. The number of carbonyl (C=O) groups excluding carboxylic acids is 1. The van der Waals surface area contributed by atoms with Gasteiger partial charge in [-0.15, -0.1) is 0 Å². The Hall–Kier alpha value is -2.98. The van der Waals surface area contributed by atoms with Crippen LogP contribution >= 0.6 is 11.6 Å². The Labute approximate surface area is 151 Å². The van der Waals surface area contributed by atoms with Gasteiger partial charge in [-0.05, 0) is 48.5 Å². The first kappa shape index (κ1) is 16.9. The lowest BCUT2D eigenvalue weighted by Crippen LogP contribution is -2.12.